The van der Waals surface area contributed by atoms with Gasteiger partial charge in [0.25, 0.3) is 0 Å². The van der Waals surface area contributed by atoms with Crippen molar-refractivity contribution in [3.63, 3.8) is 0 Å². The van der Waals surface area contributed by atoms with E-state index in [4.69, 9.17) is 10.5 Å². The van der Waals surface area contributed by atoms with E-state index in [9.17, 15) is 4.79 Å². The first-order valence-electron chi connectivity index (χ1n) is 6.43. The van der Waals surface area contributed by atoms with Gasteiger partial charge >= 0.3 is 0 Å². The molecule has 1 rings (SSSR count). The normalized spacial score (nSPS) is 12.3. The minimum absolute atomic E-state index is 0.0150. The minimum Gasteiger partial charge on any atom is -0.494 e. The van der Waals surface area contributed by atoms with Gasteiger partial charge < -0.3 is 15.8 Å². The highest BCUT2D eigenvalue weighted by Crippen LogP contribution is 2.32. The third kappa shape index (κ3) is 5.03. The SMILES string of the molecule is CCOc1ccc(N)c(SC(C)C(=O)NC(C)C)c1. The largest absolute Gasteiger partial charge is 0.494 e. The third-order valence-corrected chi connectivity index (χ3v) is 3.58. The molecule has 1 unspecified atom stereocenters. The number of hydrogen-bond acceptors (Lipinski definition) is 4. The number of nitrogen functional groups attached to an aromatic ring is 1. The number of nitrogens with one attached hydrogen (secondary N) is 1. The summed E-state index contributed by atoms with van der Waals surface area (Å²) in [6, 6.07) is 5.66. The van der Waals surface area contributed by atoms with Crippen molar-refractivity contribution in [2.75, 3.05) is 12.3 Å². The molecular weight excluding hydrogens is 260 g/mol. The molecule has 5 heteroatoms. The van der Waals surface area contributed by atoms with Crippen LogP contribution in [0.4, 0.5) is 5.69 Å². The lowest BCUT2D eigenvalue weighted by atomic mass is 10.3. The number of amides is 1. The number of rotatable bonds is 6. The summed E-state index contributed by atoms with van der Waals surface area (Å²) in [4.78, 5) is 12.7. The molecule has 3 N–H and O–H groups in total. The van der Waals surface area contributed by atoms with E-state index in [-0.39, 0.29) is 17.2 Å². The Labute approximate surface area is 119 Å². The molecule has 0 heterocycles. The van der Waals surface area contributed by atoms with Crippen molar-refractivity contribution < 1.29 is 9.53 Å². The quantitative estimate of drug-likeness (QED) is 0.622. The van der Waals surface area contributed by atoms with E-state index in [0.29, 0.717) is 12.3 Å². The zero-order valence-corrected chi connectivity index (χ0v) is 12.7. The van der Waals surface area contributed by atoms with Gasteiger partial charge in [-0.1, -0.05) is 0 Å². The molecule has 1 atom stereocenters. The number of ether oxygens (including phenoxy) is 1. The molecule has 0 aliphatic rings. The Hall–Kier alpha value is -1.36. The summed E-state index contributed by atoms with van der Waals surface area (Å²) in [6.07, 6.45) is 0. The van der Waals surface area contributed by atoms with Gasteiger partial charge in [0.1, 0.15) is 5.75 Å². The molecule has 1 amide bonds. The molecule has 0 saturated carbocycles. The highest BCUT2D eigenvalue weighted by molar-refractivity contribution is 8.00. The van der Waals surface area contributed by atoms with Crippen LogP contribution in [0.15, 0.2) is 23.1 Å². The number of carbonyl (C=O) groups excluding carboxylic acids is 1. The van der Waals surface area contributed by atoms with Crippen molar-refractivity contribution in [1.82, 2.24) is 5.32 Å². The highest BCUT2D eigenvalue weighted by atomic mass is 32.2. The van der Waals surface area contributed by atoms with Gasteiger partial charge in [0.2, 0.25) is 5.91 Å². The minimum atomic E-state index is -0.193. The Morgan fingerprint density at radius 2 is 2.11 bits per heavy atom. The molecule has 1 aromatic rings. The predicted octanol–water partition coefficient (Wildman–Crippen LogP) is 2.67. The molecule has 0 spiro atoms. The topological polar surface area (TPSA) is 64.3 Å². The summed E-state index contributed by atoms with van der Waals surface area (Å²) in [5.41, 5.74) is 6.59. The molecule has 0 aliphatic carbocycles. The van der Waals surface area contributed by atoms with Crippen LogP contribution in [0.3, 0.4) is 0 Å². The maximum absolute atomic E-state index is 11.9. The second-order valence-electron chi connectivity index (χ2n) is 4.56. The predicted molar refractivity (Wildman–Crippen MR) is 80.6 cm³/mol. The molecule has 0 aromatic heterocycles. The molecule has 0 fully saturated rings. The van der Waals surface area contributed by atoms with Gasteiger partial charge in [0.15, 0.2) is 0 Å². The summed E-state index contributed by atoms with van der Waals surface area (Å²) < 4.78 is 5.44. The summed E-state index contributed by atoms with van der Waals surface area (Å²) >= 11 is 1.44. The summed E-state index contributed by atoms with van der Waals surface area (Å²) in [7, 11) is 0. The number of anilines is 1. The van der Waals surface area contributed by atoms with E-state index >= 15 is 0 Å². The fourth-order valence-electron chi connectivity index (χ4n) is 1.52. The van der Waals surface area contributed by atoms with Crippen molar-refractivity contribution in [2.45, 2.75) is 43.9 Å². The molecule has 0 radical (unpaired) electrons. The van der Waals surface area contributed by atoms with Crippen molar-refractivity contribution in [1.29, 1.82) is 0 Å². The smallest absolute Gasteiger partial charge is 0.233 e. The van der Waals surface area contributed by atoms with Crippen LogP contribution in [-0.2, 0) is 4.79 Å². The highest BCUT2D eigenvalue weighted by Gasteiger charge is 2.16. The number of benzene rings is 1. The number of nitrogens with two attached hydrogens (primary N) is 1. The van der Waals surface area contributed by atoms with Gasteiger partial charge in [0, 0.05) is 16.6 Å². The van der Waals surface area contributed by atoms with Gasteiger partial charge in [-0.05, 0) is 45.9 Å². The fourth-order valence-corrected chi connectivity index (χ4v) is 2.46. The maximum atomic E-state index is 11.9. The molecule has 1 aromatic carbocycles. The lowest BCUT2D eigenvalue weighted by molar-refractivity contribution is -0.120. The van der Waals surface area contributed by atoms with Crippen LogP contribution in [0.25, 0.3) is 0 Å². The average molecular weight is 282 g/mol. The van der Waals surface area contributed by atoms with Gasteiger partial charge in [-0.25, -0.2) is 0 Å². The Kier molecular flexibility index (Phi) is 6.02. The van der Waals surface area contributed by atoms with E-state index in [1.807, 2.05) is 39.8 Å². The maximum Gasteiger partial charge on any atom is 0.233 e. The van der Waals surface area contributed by atoms with E-state index in [1.54, 1.807) is 6.07 Å². The van der Waals surface area contributed by atoms with Crippen LogP contribution < -0.4 is 15.8 Å². The van der Waals surface area contributed by atoms with Gasteiger partial charge in [-0.3, -0.25) is 4.79 Å². The van der Waals surface area contributed by atoms with Crippen LogP contribution in [0, 0.1) is 0 Å². The lowest BCUT2D eigenvalue weighted by Crippen LogP contribution is -2.35. The van der Waals surface area contributed by atoms with Crippen LogP contribution in [-0.4, -0.2) is 23.8 Å². The molecule has 0 saturated heterocycles. The van der Waals surface area contributed by atoms with E-state index in [1.165, 1.54) is 11.8 Å². The zero-order chi connectivity index (χ0) is 14.4. The monoisotopic (exact) mass is 282 g/mol. The van der Waals surface area contributed by atoms with Crippen LogP contribution in [0.5, 0.6) is 5.75 Å². The van der Waals surface area contributed by atoms with Gasteiger partial charge in [-0.15, -0.1) is 11.8 Å². The molecule has 0 bridgehead atoms. The van der Waals surface area contributed by atoms with E-state index in [0.717, 1.165) is 10.6 Å². The Morgan fingerprint density at radius 1 is 1.42 bits per heavy atom. The van der Waals surface area contributed by atoms with Crippen LogP contribution in [0.1, 0.15) is 27.7 Å². The van der Waals surface area contributed by atoms with Gasteiger partial charge in [-0.2, -0.15) is 0 Å². The number of thioether (sulfide) groups is 1. The Morgan fingerprint density at radius 3 is 2.68 bits per heavy atom. The number of hydrogen-bond donors (Lipinski definition) is 2. The first-order valence-corrected chi connectivity index (χ1v) is 7.31. The zero-order valence-electron chi connectivity index (χ0n) is 11.9. The van der Waals surface area contributed by atoms with E-state index in [2.05, 4.69) is 5.32 Å². The third-order valence-electron chi connectivity index (χ3n) is 2.40. The Bertz CT molecular complexity index is 435. The summed E-state index contributed by atoms with van der Waals surface area (Å²) in [6.45, 7) is 8.30. The average Bonchev–Trinajstić information content (AvgIpc) is 2.32. The Balaban J connectivity index is 2.75. The second kappa shape index (κ2) is 7.28. The van der Waals surface area contributed by atoms with Crippen molar-refractivity contribution in [3.05, 3.63) is 18.2 Å². The first kappa shape index (κ1) is 15.7. The molecular formula is C14H22N2O2S. The number of carbonyl (C=O) groups is 1. The first-order chi connectivity index (χ1) is 8.93. The molecule has 0 aliphatic heterocycles. The van der Waals surface area contributed by atoms with E-state index < -0.39 is 0 Å². The van der Waals surface area contributed by atoms with Gasteiger partial charge in [0.05, 0.1) is 11.9 Å². The van der Waals surface area contributed by atoms with Crippen LogP contribution in [0.2, 0.25) is 0 Å². The summed E-state index contributed by atoms with van der Waals surface area (Å²) in [5.74, 6) is 0.789. The standard InChI is InChI=1S/C14H22N2O2S/c1-5-18-11-6-7-12(15)13(8-11)19-10(4)14(17)16-9(2)3/h6-10H,5,15H2,1-4H3,(H,16,17). The molecule has 4 nitrogen and oxygen atoms in total. The lowest BCUT2D eigenvalue weighted by Gasteiger charge is -2.15. The second-order valence-corrected chi connectivity index (χ2v) is 5.94. The van der Waals surface area contributed by atoms with Crippen molar-refractivity contribution >= 4 is 23.4 Å². The fraction of sp³-hybridized carbons (Fsp3) is 0.500. The van der Waals surface area contributed by atoms with Crippen molar-refractivity contribution in [3.8, 4) is 5.75 Å². The molecule has 106 valence electrons. The summed E-state index contributed by atoms with van der Waals surface area (Å²) in [5, 5.41) is 2.70. The molecule has 19 heavy (non-hydrogen) atoms. The van der Waals surface area contributed by atoms with Crippen LogP contribution >= 0.6 is 11.8 Å². The van der Waals surface area contributed by atoms with Crippen molar-refractivity contribution in [2.24, 2.45) is 0 Å².